The first-order valence-electron chi connectivity index (χ1n) is 6.13. The molecule has 5 atom stereocenters. The standard InChI is InChI=1S/C6H12O7.C5H11NO2S/c7-1-2(8)3(9)4(10)5(11)6(12)13;1-9-3-2-4(6)5(7)8/h2-5,7-11H,1H2,(H,12,13);4H,2-3,6H2,1H3,(H,7,8)/t2-,3-,4+,5-;4-/m10/s1. The summed E-state index contributed by atoms with van der Waals surface area (Å²) in [6, 6.07) is -0.683. The fourth-order valence-corrected chi connectivity index (χ4v) is 1.53. The molecule has 11 heteroatoms. The van der Waals surface area contributed by atoms with Gasteiger partial charge in [-0.25, -0.2) is 4.79 Å². The number of carboxylic acids is 2. The van der Waals surface area contributed by atoms with Crippen LogP contribution in [0.1, 0.15) is 6.42 Å². The zero-order valence-corrected chi connectivity index (χ0v) is 12.8. The van der Waals surface area contributed by atoms with Gasteiger partial charge in [-0.05, 0) is 18.4 Å². The number of thioether (sulfide) groups is 1. The lowest BCUT2D eigenvalue weighted by Crippen LogP contribution is -2.48. The first kappa shape index (κ1) is 23.3. The number of hydrogen-bond acceptors (Lipinski definition) is 9. The van der Waals surface area contributed by atoms with Crippen molar-refractivity contribution in [2.24, 2.45) is 5.73 Å². The molecule has 0 bridgehead atoms. The Morgan fingerprint density at radius 3 is 1.86 bits per heavy atom. The van der Waals surface area contributed by atoms with E-state index in [-0.39, 0.29) is 0 Å². The van der Waals surface area contributed by atoms with Gasteiger partial charge in [0.05, 0.1) is 6.61 Å². The zero-order valence-electron chi connectivity index (χ0n) is 11.9. The van der Waals surface area contributed by atoms with Crippen LogP contribution < -0.4 is 5.73 Å². The average Bonchev–Trinajstić information content (AvgIpc) is 2.49. The van der Waals surface area contributed by atoms with Crippen LogP contribution in [0.2, 0.25) is 0 Å². The first-order valence-corrected chi connectivity index (χ1v) is 7.52. The van der Waals surface area contributed by atoms with Gasteiger partial charge in [-0.15, -0.1) is 0 Å². The summed E-state index contributed by atoms with van der Waals surface area (Å²) in [6.07, 6.45) is -5.36. The van der Waals surface area contributed by atoms with Crippen LogP contribution >= 0.6 is 11.8 Å². The van der Waals surface area contributed by atoms with Crippen molar-refractivity contribution < 1.29 is 45.3 Å². The maximum absolute atomic E-state index is 10.1. The maximum atomic E-state index is 10.1. The van der Waals surface area contributed by atoms with Crippen LogP contribution in [-0.4, -0.2) is 96.8 Å². The van der Waals surface area contributed by atoms with Crippen molar-refractivity contribution in [2.45, 2.75) is 36.9 Å². The minimum Gasteiger partial charge on any atom is -0.480 e. The summed E-state index contributed by atoms with van der Waals surface area (Å²) in [4.78, 5) is 20.2. The van der Waals surface area contributed by atoms with Gasteiger partial charge in [-0.3, -0.25) is 4.79 Å². The zero-order chi connectivity index (χ0) is 17.9. The van der Waals surface area contributed by atoms with Crippen molar-refractivity contribution in [3.8, 4) is 0 Å². The fourth-order valence-electron chi connectivity index (χ4n) is 1.04. The van der Waals surface area contributed by atoms with Gasteiger partial charge in [0.1, 0.15) is 24.4 Å². The van der Waals surface area contributed by atoms with E-state index in [0.717, 1.165) is 5.75 Å². The second-order valence-corrected chi connectivity index (χ2v) is 5.23. The van der Waals surface area contributed by atoms with E-state index in [0.29, 0.717) is 6.42 Å². The van der Waals surface area contributed by atoms with E-state index in [1.165, 1.54) is 0 Å². The average molecular weight is 345 g/mol. The van der Waals surface area contributed by atoms with Crippen molar-refractivity contribution >= 4 is 23.7 Å². The number of carboxylic acid groups (broad SMARTS) is 2. The number of nitrogens with two attached hydrogens (primary N) is 1. The molecule has 0 aliphatic heterocycles. The van der Waals surface area contributed by atoms with Crippen molar-refractivity contribution in [2.75, 3.05) is 18.6 Å². The lowest BCUT2D eigenvalue weighted by atomic mass is 10.0. The Morgan fingerprint density at radius 2 is 1.55 bits per heavy atom. The fraction of sp³-hybridized carbons (Fsp3) is 0.818. The molecule has 0 aromatic rings. The van der Waals surface area contributed by atoms with Crippen LogP contribution in [0.4, 0.5) is 0 Å². The van der Waals surface area contributed by atoms with Gasteiger partial charge in [-0.2, -0.15) is 11.8 Å². The normalized spacial score (nSPS) is 17.4. The third kappa shape index (κ3) is 9.89. The molecule has 0 aliphatic rings. The van der Waals surface area contributed by atoms with Crippen molar-refractivity contribution in [3.63, 3.8) is 0 Å². The highest BCUT2D eigenvalue weighted by atomic mass is 32.2. The smallest absolute Gasteiger partial charge is 0.335 e. The van der Waals surface area contributed by atoms with Crippen LogP contribution in [-0.2, 0) is 9.59 Å². The molecule has 0 aliphatic carbocycles. The number of aliphatic carboxylic acids is 2. The van der Waals surface area contributed by atoms with E-state index >= 15 is 0 Å². The van der Waals surface area contributed by atoms with Crippen LogP contribution in [0.5, 0.6) is 0 Å². The topological polar surface area (TPSA) is 202 Å². The first-order chi connectivity index (χ1) is 10.1. The second-order valence-electron chi connectivity index (χ2n) is 4.24. The van der Waals surface area contributed by atoms with Gasteiger partial charge in [0, 0.05) is 0 Å². The molecule has 0 aromatic carbocycles. The molecule has 0 radical (unpaired) electrons. The number of aliphatic hydroxyl groups excluding tert-OH is 5. The van der Waals surface area contributed by atoms with Gasteiger partial charge in [0.2, 0.25) is 0 Å². The Hall–Kier alpha value is -0.950. The van der Waals surface area contributed by atoms with E-state index in [4.69, 9.17) is 41.5 Å². The predicted molar refractivity (Wildman–Crippen MR) is 77.4 cm³/mol. The summed E-state index contributed by atoms with van der Waals surface area (Å²) in [6.45, 7) is -0.843. The molecular formula is C11H23NO9S. The molecule has 0 rings (SSSR count). The van der Waals surface area contributed by atoms with Crippen LogP contribution in [0.15, 0.2) is 0 Å². The number of carbonyl (C=O) groups is 2. The molecule has 22 heavy (non-hydrogen) atoms. The predicted octanol–water partition coefficient (Wildman–Crippen LogP) is -3.34. The van der Waals surface area contributed by atoms with E-state index in [1.54, 1.807) is 11.8 Å². The highest BCUT2D eigenvalue weighted by molar-refractivity contribution is 7.98. The Labute approximate surface area is 131 Å². The minimum absolute atomic E-state index is 0.552. The van der Waals surface area contributed by atoms with E-state index in [1.807, 2.05) is 6.26 Å². The molecule has 132 valence electrons. The number of rotatable bonds is 9. The molecule has 0 aromatic heterocycles. The number of hydrogen-bond donors (Lipinski definition) is 8. The Bertz CT molecular complexity index is 331. The summed E-state index contributed by atoms with van der Waals surface area (Å²) in [7, 11) is 0. The molecule has 0 heterocycles. The summed E-state index contributed by atoms with van der Waals surface area (Å²) in [5.41, 5.74) is 5.19. The van der Waals surface area contributed by atoms with Gasteiger partial charge < -0.3 is 41.5 Å². The molecule has 0 saturated heterocycles. The van der Waals surface area contributed by atoms with Gasteiger partial charge in [-0.1, -0.05) is 0 Å². The molecule has 9 N–H and O–H groups in total. The van der Waals surface area contributed by atoms with Gasteiger partial charge in [0.25, 0.3) is 0 Å². The summed E-state index contributed by atoms with van der Waals surface area (Å²) in [5, 5.41) is 60.1. The van der Waals surface area contributed by atoms with Gasteiger partial charge >= 0.3 is 11.9 Å². The van der Waals surface area contributed by atoms with Crippen LogP contribution in [0.3, 0.4) is 0 Å². The maximum Gasteiger partial charge on any atom is 0.335 e. The van der Waals surface area contributed by atoms with Gasteiger partial charge in [0.15, 0.2) is 6.10 Å². The Morgan fingerprint density at radius 1 is 1.05 bits per heavy atom. The lowest BCUT2D eigenvalue weighted by molar-refractivity contribution is -0.164. The number of aliphatic hydroxyl groups is 5. The molecule has 0 spiro atoms. The SMILES string of the molecule is CSCC[C@H](N)C(=O)O.O=C(O)[C@H](O)[C@@H](O)[C@H](O)[C@H](O)CO. The second kappa shape index (κ2) is 12.6. The van der Waals surface area contributed by atoms with E-state index < -0.39 is 49.0 Å². The third-order valence-corrected chi connectivity index (χ3v) is 3.10. The molecule has 0 saturated carbocycles. The Balaban J connectivity index is 0. The highest BCUT2D eigenvalue weighted by Gasteiger charge is 2.33. The molecule has 0 fully saturated rings. The molecule has 0 amide bonds. The van der Waals surface area contributed by atoms with Crippen LogP contribution in [0.25, 0.3) is 0 Å². The van der Waals surface area contributed by atoms with Crippen molar-refractivity contribution in [3.05, 3.63) is 0 Å². The summed E-state index contributed by atoms with van der Waals surface area (Å²) in [5.74, 6) is -1.83. The van der Waals surface area contributed by atoms with E-state index in [2.05, 4.69) is 0 Å². The molecular weight excluding hydrogens is 322 g/mol. The molecule has 0 unspecified atom stereocenters. The molecule has 10 nitrogen and oxygen atoms in total. The minimum atomic E-state index is -2.20. The quantitative estimate of drug-likeness (QED) is 0.207. The van der Waals surface area contributed by atoms with E-state index in [9.17, 15) is 9.59 Å². The van der Waals surface area contributed by atoms with Crippen molar-refractivity contribution in [1.29, 1.82) is 0 Å². The monoisotopic (exact) mass is 345 g/mol. The third-order valence-electron chi connectivity index (χ3n) is 2.46. The highest BCUT2D eigenvalue weighted by Crippen LogP contribution is 2.04. The summed E-state index contributed by atoms with van der Waals surface area (Å²) < 4.78 is 0. The van der Waals surface area contributed by atoms with Crippen LogP contribution in [0, 0.1) is 0 Å². The largest absolute Gasteiger partial charge is 0.480 e. The van der Waals surface area contributed by atoms with Crippen molar-refractivity contribution in [1.82, 2.24) is 0 Å². The lowest BCUT2D eigenvalue weighted by Gasteiger charge is -2.23. The Kier molecular flexibility index (Phi) is 13.3. The summed E-state index contributed by atoms with van der Waals surface area (Å²) >= 11 is 1.60.